The van der Waals surface area contributed by atoms with Crippen molar-refractivity contribution in [3.8, 4) is 0 Å². The third-order valence-electron chi connectivity index (χ3n) is 3.06. The van der Waals surface area contributed by atoms with Crippen molar-refractivity contribution in [2.24, 2.45) is 5.92 Å². The molecule has 0 fully saturated rings. The van der Waals surface area contributed by atoms with Gasteiger partial charge in [0.2, 0.25) is 0 Å². The monoisotopic (exact) mass is 371 g/mol. The first kappa shape index (κ1) is 12.5. The molecule has 0 radical (unpaired) electrons. The molecule has 1 aliphatic heterocycles. The fourth-order valence-electron chi connectivity index (χ4n) is 2.18. The van der Waals surface area contributed by atoms with Crippen LogP contribution in [0.25, 0.3) is 0 Å². The standard InChI is InChI=1S/C12H16IN6/c1-7-3-2-4-8(5-7)6-19-11-9(18-13-19)10(14)16-12(15)17-11/h2,4-5,7,18H,3,6H2,1H3,(H4,14,15,16,17)/q-1. The number of allylic oxidation sites excluding steroid dienone is 2. The molecule has 0 spiro atoms. The Kier molecular flexibility index (Phi) is 3.21. The summed E-state index contributed by atoms with van der Waals surface area (Å²) in [4.78, 5) is 8.29. The number of fused-ring (bicyclic) bond motifs is 1. The van der Waals surface area contributed by atoms with E-state index in [1.807, 2.05) is 0 Å². The van der Waals surface area contributed by atoms with Crippen molar-refractivity contribution >= 4 is 23.3 Å². The second-order valence-electron chi connectivity index (χ2n) is 4.72. The summed E-state index contributed by atoms with van der Waals surface area (Å²) in [6, 6.07) is 0. The van der Waals surface area contributed by atoms with Gasteiger partial charge in [-0.1, -0.05) is 0 Å². The maximum atomic E-state index is 5.86. The molecular weight excluding hydrogens is 355 g/mol. The molecule has 0 amide bonds. The molecule has 1 aromatic heterocycles. The Morgan fingerprint density at radius 1 is 1.47 bits per heavy atom. The molecule has 0 bridgehead atoms. The van der Waals surface area contributed by atoms with Crippen molar-refractivity contribution in [3.05, 3.63) is 23.8 Å². The van der Waals surface area contributed by atoms with E-state index >= 15 is 0 Å². The Labute approximate surface area is 122 Å². The molecule has 6 nitrogen and oxygen atoms in total. The second-order valence-corrected chi connectivity index (χ2v) is 6.91. The van der Waals surface area contributed by atoms with Crippen LogP contribution in [-0.2, 0) is 0 Å². The van der Waals surface area contributed by atoms with Crippen LogP contribution >= 0.6 is 0 Å². The molecule has 1 atom stereocenters. The molecule has 19 heavy (non-hydrogen) atoms. The number of anilines is 4. The Morgan fingerprint density at radius 3 is 3.11 bits per heavy atom. The van der Waals surface area contributed by atoms with Gasteiger partial charge in [-0.15, -0.1) is 0 Å². The zero-order valence-electron chi connectivity index (χ0n) is 10.6. The van der Waals surface area contributed by atoms with E-state index in [1.165, 1.54) is 5.57 Å². The van der Waals surface area contributed by atoms with Crippen molar-refractivity contribution < 1.29 is 21.8 Å². The third-order valence-corrected chi connectivity index (χ3v) is 5.22. The van der Waals surface area contributed by atoms with E-state index < -0.39 is 0 Å². The number of nitrogen functional groups attached to an aromatic ring is 2. The van der Waals surface area contributed by atoms with E-state index in [0.29, 0.717) is 11.7 Å². The minimum atomic E-state index is -0.354. The van der Waals surface area contributed by atoms with Gasteiger partial charge in [-0.3, -0.25) is 0 Å². The van der Waals surface area contributed by atoms with Crippen molar-refractivity contribution in [2.45, 2.75) is 13.3 Å². The molecule has 7 heteroatoms. The minimum absolute atomic E-state index is 0.232. The average molecular weight is 371 g/mol. The summed E-state index contributed by atoms with van der Waals surface area (Å²) in [7, 11) is 0. The molecule has 2 aliphatic rings. The molecule has 1 unspecified atom stereocenters. The van der Waals surface area contributed by atoms with E-state index in [9.17, 15) is 0 Å². The Morgan fingerprint density at radius 2 is 2.32 bits per heavy atom. The Bertz CT molecular complexity index is 568. The van der Waals surface area contributed by atoms with Crippen LogP contribution < -0.4 is 39.9 Å². The predicted octanol–water partition coefficient (Wildman–Crippen LogP) is -1.69. The van der Waals surface area contributed by atoms with Gasteiger partial charge in [-0.25, -0.2) is 0 Å². The molecule has 1 aromatic rings. The average Bonchev–Trinajstić information content (AvgIpc) is 2.73. The van der Waals surface area contributed by atoms with Crippen LogP contribution in [0.3, 0.4) is 0 Å². The maximum absolute atomic E-state index is 5.86. The van der Waals surface area contributed by atoms with Crippen LogP contribution in [0.4, 0.5) is 23.3 Å². The van der Waals surface area contributed by atoms with Crippen LogP contribution in [0.2, 0.25) is 0 Å². The van der Waals surface area contributed by atoms with Gasteiger partial charge in [0, 0.05) is 0 Å². The third kappa shape index (κ3) is 2.46. The molecule has 0 saturated carbocycles. The summed E-state index contributed by atoms with van der Waals surface area (Å²) >= 11 is -0.354. The van der Waals surface area contributed by atoms with E-state index in [1.54, 1.807) is 0 Å². The van der Waals surface area contributed by atoms with Crippen LogP contribution in [0.1, 0.15) is 13.3 Å². The number of hydrogen-bond donors (Lipinski definition) is 3. The van der Waals surface area contributed by atoms with Gasteiger partial charge in [0.15, 0.2) is 0 Å². The molecule has 5 N–H and O–H groups in total. The Balaban J connectivity index is 1.85. The number of aromatic nitrogens is 2. The van der Waals surface area contributed by atoms with Crippen molar-refractivity contribution in [1.29, 1.82) is 0 Å². The molecule has 102 valence electrons. The number of nitrogens with one attached hydrogen (secondary N) is 1. The molecule has 0 saturated heterocycles. The van der Waals surface area contributed by atoms with Gasteiger partial charge >= 0.3 is 123 Å². The van der Waals surface area contributed by atoms with Gasteiger partial charge in [0.05, 0.1) is 0 Å². The van der Waals surface area contributed by atoms with Gasteiger partial charge < -0.3 is 0 Å². The molecule has 0 aromatic carbocycles. The number of nitrogens with zero attached hydrogens (tertiary/aromatic N) is 3. The Hall–Kier alpha value is -1.51. The SMILES string of the molecule is CC1C=C(CN2[I-]Nc3c(N)nc(N)nc32)C=CC1. The van der Waals surface area contributed by atoms with E-state index in [2.05, 4.69) is 41.8 Å². The molecule has 2 heterocycles. The fraction of sp³-hybridized carbons (Fsp3) is 0.333. The van der Waals surface area contributed by atoms with Gasteiger partial charge in [0.1, 0.15) is 0 Å². The van der Waals surface area contributed by atoms with Gasteiger partial charge in [-0.2, -0.15) is 0 Å². The van der Waals surface area contributed by atoms with Gasteiger partial charge in [0.25, 0.3) is 0 Å². The summed E-state index contributed by atoms with van der Waals surface area (Å²) < 4.78 is 5.56. The van der Waals surface area contributed by atoms with E-state index in [4.69, 9.17) is 11.5 Å². The van der Waals surface area contributed by atoms with Crippen molar-refractivity contribution in [1.82, 2.24) is 9.97 Å². The zero-order chi connectivity index (χ0) is 13.4. The quantitative estimate of drug-likeness (QED) is 0.425. The summed E-state index contributed by atoms with van der Waals surface area (Å²) in [5.74, 6) is 2.11. The molecular formula is C12H16IN6-. The van der Waals surface area contributed by atoms with Crippen LogP contribution in [-0.4, -0.2) is 16.5 Å². The van der Waals surface area contributed by atoms with Gasteiger partial charge in [-0.05, 0) is 0 Å². The van der Waals surface area contributed by atoms with E-state index in [-0.39, 0.29) is 27.7 Å². The number of halogens is 1. The van der Waals surface area contributed by atoms with Crippen LogP contribution in [0, 0.1) is 5.92 Å². The molecule has 3 rings (SSSR count). The number of nitrogens with two attached hydrogens (primary N) is 2. The topological polar surface area (TPSA) is 93.1 Å². The first-order valence-electron chi connectivity index (χ1n) is 6.11. The number of rotatable bonds is 2. The second kappa shape index (κ2) is 4.87. The summed E-state index contributed by atoms with van der Waals surface area (Å²) in [5.41, 5.74) is 13.7. The first-order chi connectivity index (χ1) is 9.13. The van der Waals surface area contributed by atoms with E-state index in [0.717, 1.165) is 24.5 Å². The zero-order valence-corrected chi connectivity index (χ0v) is 12.8. The van der Waals surface area contributed by atoms with Crippen LogP contribution in [0.5, 0.6) is 0 Å². The van der Waals surface area contributed by atoms with Crippen molar-refractivity contribution in [2.75, 3.05) is 24.7 Å². The number of hydrogen-bond acceptors (Lipinski definition) is 6. The first-order valence-corrected chi connectivity index (χ1v) is 8.15. The summed E-state index contributed by atoms with van der Waals surface area (Å²) in [6.07, 6.45) is 7.85. The predicted molar refractivity (Wildman–Crippen MR) is 72.8 cm³/mol. The summed E-state index contributed by atoms with van der Waals surface area (Å²) in [6.45, 7) is 3.08. The molecule has 1 aliphatic carbocycles. The van der Waals surface area contributed by atoms with Crippen molar-refractivity contribution in [3.63, 3.8) is 0 Å². The fourth-order valence-corrected chi connectivity index (χ4v) is 4.37. The normalized spacial score (nSPS) is 21.4. The summed E-state index contributed by atoms with van der Waals surface area (Å²) in [5, 5.41) is 0. The van der Waals surface area contributed by atoms with Crippen LogP contribution in [0.15, 0.2) is 23.8 Å².